The zero-order valence-corrected chi connectivity index (χ0v) is 15.7. The third kappa shape index (κ3) is 2.99. The molecular weight excluding hydrogens is 340 g/mol. The molecule has 0 spiro atoms. The molecule has 1 aromatic heterocycles. The van der Waals surface area contributed by atoms with Gasteiger partial charge in [-0.1, -0.05) is 24.3 Å². The fraction of sp³-hybridized carbons (Fsp3) is 0.273. The minimum atomic E-state index is -0.345. The lowest BCUT2D eigenvalue weighted by atomic mass is 9.97. The summed E-state index contributed by atoms with van der Waals surface area (Å²) in [5.41, 5.74) is 5.70. The summed E-state index contributed by atoms with van der Waals surface area (Å²) in [6.45, 7) is 2.04. The number of ketones is 1. The molecule has 0 radical (unpaired) electrons. The molecule has 1 N–H and O–H groups in total. The fourth-order valence-electron chi connectivity index (χ4n) is 3.91. The van der Waals surface area contributed by atoms with Crippen molar-refractivity contribution in [3.05, 3.63) is 53.7 Å². The number of carbonyl (C=O) groups excluding carboxylic acids is 2. The molecule has 1 atom stereocenters. The van der Waals surface area contributed by atoms with Crippen LogP contribution in [0.1, 0.15) is 29.3 Å². The lowest BCUT2D eigenvalue weighted by Gasteiger charge is -2.17. The Labute approximate surface area is 157 Å². The third-order valence-corrected chi connectivity index (χ3v) is 5.16. The van der Waals surface area contributed by atoms with E-state index in [9.17, 15) is 9.59 Å². The summed E-state index contributed by atoms with van der Waals surface area (Å²) in [6.07, 6.45) is 3.06. The number of rotatable bonds is 2. The van der Waals surface area contributed by atoms with Gasteiger partial charge in [0, 0.05) is 59.8 Å². The van der Waals surface area contributed by atoms with Gasteiger partial charge in [0.05, 0.1) is 12.7 Å². The van der Waals surface area contributed by atoms with Gasteiger partial charge in [0.1, 0.15) is 5.78 Å². The van der Waals surface area contributed by atoms with Crippen LogP contribution in [0.5, 0.6) is 0 Å². The Kier molecular flexibility index (Phi) is 4.22. The highest BCUT2D eigenvalue weighted by atomic mass is 16.5. The molecule has 0 saturated carbocycles. The minimum Gasteiger partial charge on any atom is -0.465 e. The monoisotopic (exact) mass is 362 g/mol. The van der Waals surface area contributed by atoms with Crippen LogP contribution < -0.4 is 5.32 Å². The molecule has 1 aliphatic rings. The summed E-state index contributed by atoms with van der Waals surface area (Å²) in [5.74, 6) is -0.0891. The van der Waals surface area contributed by atoms with Crippen molar-refractivity contribution in [2.45, 2.75) is 25.8 Å². The maximum absolute atomic E-state index is 12.2. The highest BCUT2D eigenvalue weighted by molar-refractivity contribution is 6.03. The highest BCUT2D eigenvalue weighted by Gasteiger charge is 2.22. The van der Waals surface area contributed by atoms with Crippen LogP contribution in [0.2, 0.25) is 0 Å². The number of Topliss-reactive ketones (excluding diaryl/α,β-unsaturated/α-hetero) is 1. The summed E-state index contributed by atoms with van der Waals surface area (Å²) >= 11 is 0. The van der Waals surface area contributed by atoms with E-state index in [0.717, 1.165) is 33.3 Å². The topological polar surface area (TPSA) is 60.3 Å². The van der Waals surface area contributed by atoms with Gasteiger partial charge in [-0.2, -0.15) is 0 Å². The number of esters is 1. The Morgan fingerprint density at radius 1 is 1.22 bits per heavy atom. The van der Waals surface area contributed by atoms with E-state index in [0.29, 0.717) is 18.4 Å². The van der Waals surface area contributed by atoms with Gasteiger partial charge < -0.3 is 14.6 Å². The van der Waals surface area contributed by atoms with Crippen molar-refractivity contribution in [1.82, 2.24) is 4.57 Å². The first-order chi connectivity index (χ1) is 13.0. The van der Waals surface area contributed by atoms with Gasteiger partial charge in [-0.3, -0.25) is 4.79 Å². The molecule has 0 unspecified atom stereocenters. The van der Waals surface area contributed by atoms with Crippen LogP contribution in [-0.2, 0) is 23.0 Å². The van der Waals surface area contributed by atoms with Crippen LogP contribution >= 0.6 is 0 Å². The number of aromatic nitrogens is 1. The van der Waals surface area contributed by atoms with Gasteiger partial charge >= 0.3 is 5.97 Å². The smallest absolute Gasteiger partial charge is 0.337 e. The predicted octanol–water partition coefficient (Wildman–Crippen LogP) is 3.95. The van der Waals surface area contributed by atoms with E-state index < -0.39 is 0 Å². The first-order valence-electron chi connectivity index (χ1n) is 9.06. The van der Waals surface area contributed by atoms with E-state index in [-0.39, 0.29) is 17.8 Å². The Hall–Kier alpha value is -3.08. The average molecular weight is 362 g/mol. The molecule has 0 amide bonds. The maximum Gasteiger partial charge on any atom is 0.337 e. The van der Waals surface area contributed by atoms with E-state index in [1.165, 1.54) is 7.11 Å². The Bertz CT molecular complexity index is 1060. The van der Waals surface area contributed by atoms with E-state index in [4.69, 9.17) is 4.74 Å². The number of carbonyl (C=O) groups is 2. The van der Waals surface area contributed by atoms with Gasteiger partial charge in [0.2, 0.25) is 0 Å². The molecule has 2 heterocycles. The summed E-state index contributed by atoms with van der Waals surface area (Å²) in [4.78, 5) is 24.0. The van der Waals surface area contributed by atoms with Crippen molar-refractivity contribution in [3.8, 4) is 11.1 Å². The number of para-hydroxylation sites is 1. The van der Waals surface area contributed by atoms with Crippen molar-refractivity contribution < 1.29 is 14.3 Å². The number of nitrogens with one attached hydrogen (secondary N) is 1. The van der Waals surface area contributed by atoms with Crippen LogP contribution in [-0.4, -0.2) is 29.5 Å². The molecule has 0 bridgehead atoms. The van der Waals surface area contributed by atoms with Crippen molar-refractivity contribution in [2.75, 3.05) is 12.4 Å². The normalized spacial score (nSPS) is 16.6. The van der Waals surface area contributed by atoms with Crippen LogP contribution in [0.3, 0.4) is 0 Å². The fourth-order valence-corrected chi connectivity index (χ4v) is 3.91. The summed E-state index contributed by atoms with van der Waals surface area (Å²) in [6, 6.07) is 11.8. The van der Waals surface area contributed by atoms with Crippen molar-refractivity contribution >= 4 is 28.3 Å². The number of fused-ring (bicyclic) bond motifs is 2. The molecule has 5 heteroatoms. The SMILES string of the molecule is COC(=O)c1ccc2c(-c3cccc4c3N[C@H](C)CC(=O)C4)cn(C)c2c1. The number of hydrogen-bond acceptors (Lipinski definition) is 4. The lowest BCUT2D eigenvalue weighted by Crippen LogP contribution is -2.17. The highest BCUT2D eigenvalue weighted by Crippen LogP contribution is 2.38. The van der Waals surface area contributed by atoms with Gasteiger partial charge in [0.15, 0.2) is 0 Å². The minimum absolute atomic E-state index is 0.0980. The molecule has 4 rings (SSSR count). The average Bonchev–Trinajstić information content (AvgIpc) is 2.89. The number of methoxy groups -OCH3 is 1. The zero-order valence-electron chi connectivity index (χ0n) is 15.7. The molecule has 0 fully saturated rings. The summed E-state index contributed by atoms with van der Waals surface area (Å²) in [5, 5.41) is 4.59. The number of aryl methyl sites for hydroxylation is 1. The molecule has 0 aliphatic carbocycles. The van der Waals surface area contributed by atoms with E-state index in [1.54, 1.807) is 6.07 Å². The zero-order chi connectivity index (χ0) is 19.1. The molecule has 27 heavy (non-hydrogen) atoms. The summed E-state index contributed by atoms with van der Waals surface area (Å²) < 4.78 is 6.85. The molecule has 1 aliphatic heterocycles. The van der Waals surface area contributed by atoms with Gasteiger partial charge in [-0.15, -0.1) is 0 Å². The molecule has 5 nitrogen and oxygen atoms in total. The Balaban J connectivity index is 1.90. The van der Waals surface area contributed by atoms with Gasteiger partial charge in [-0.25, -0.2) is 4.79 Å². The van der Waals surface area contributed by atoms with Crippen molar-refractivity contribution in [1.29, 1.82) is 0 Å². The standard InChI is InChI=1S/C22H22N2O3/c1-13-9-16(25)10-14-5-4-6-18(21(14)23-13)19-12-24(2)20-11-15(22(26)27-3)7-8-17(19)20/h4-8,11-13,23H,9-10H2,1-3H3/t13-/m1/s1. The third-order valence-electron chi connectivity index (χ3n) is 5.16. The van der Waals surface area contributed by atoms with Crippen LogP contribution in [0, 0.1) is 0 Å². The van der Waals surface area contributed by atoms with Gasteiger partial charge in [0.25, 0.3) is 0 Å². The van der Waals surface area contributed by atoms with Gasteiger partial charge in [-0.05, 0) is 24.6 Å². The molecule has 138 valence electrons. The first-order valence-corrected chi connectivity index (χ1v) is 9.06. The summed E-state index contributed by atoms with van der Waals surface area (Å²) in [7, 11) is 3.35. The van der Waals surface area contributed by atoms with Crippen LogP contribution in [0.4, 0.5) is 5.69 Å². The van der Waals surface area contributed by atoms with Crippen molar-refractivity contribution in [3.63, 3.8) is 0 Å². The van der Waals surface area contributed by atoms with Crippen LogP contribution in [0.15, 0.2) is 42.6 Å². The lowest BCUT2D eigenvalue weighted by molar-refractivity contribution is -0.118. The number of anilines is 1. The number of benzene rings is 2. The number of ether oxygens (including phenoxy) is 1. The van der Waals surface area contributed by atoms with E-state index >= 15 is 0 Å². The Morgan fingerprint density at radius 2 is 2.04 bits per heavy atom. The van der Waals surface area contributed by atoms with Crippen molar-refractivity contribution in [2.24, 2.45) is 7.05 Å². The second kappa shape index (κ2) is 6.58. The molecule has 3 aromatic rings. The quantitative estimate of drug-likeness (QED) is 0.701. The van der Waals surface area contributed by atoms with E-state index in [1.807, 2.05) is 42.8 Å². The second-order valence-electron chi connectivity index (χ2n) is 7.18. The predicted molar refractivity (Wildman–Crippen MR) is 106 cm³/mol. The molecule has 0 saturated heterocycles. The van der Waals surface area contributed by atoms with E-state index in [2.05, 4.69) is 17.6 Å². The Morgan fingerprint density at radius 3 is 2.81 bits per heavy atom. The maximum atomic E-state index is 12.2. The number of nitrogens with zero attached hydrogens (tertiary/aromatic N) is 1. The van der Waals surface area contributed by atoms with Crippen LogP contribution in [0.25, 0.3) is 22.0 Å². The molecule has 2 aromatic carbocycles. The second-order valence-corrected chi connectivity index (χ2v) is 7.18. The number of hydrogen-bond donors (Lipinski definition) is 1. The largest absolute Gasteiger partial charge is 0.465 e. The molecular formula is C22H22N2O3. The first kappa shape index (κ1) is 17.3.